The van der Waals surface area contributed by atoms with Gasteiger partial charge in [-0.25, -0.2) is 0 Å². The molecule has 0 saturated carbocycles. The zero-order valence-electron chi connectivity index (χ0n) is 16.5. The van der Waals surface area contributed by atoms with Gasteiger partial charge in [0.1, 0.15) is 11.5 Å². The lowest BCUT2D eigenvalue weighted by molar-refractivity contribution is -0.132. The average molecular weight is 392 g/mol. The Bertz CT molecular complexity index is 980. The first kappa shape index (κ1) is 20.2. The fourth-order valence-electron chi connectivity index (χ4n) is 2.94. The standard InChI is InChI=1S/C23H24N2O4/c1-3-28-19-11-13-20(14-12-19)29-16(2)23(27)25-24-22(26)15-18-9-6-8-17-7-4-5-10-21(17)18/h4-14,16H,3,15H2,1-2H3,(H,24,26)(H,25,27). The van der Waals surface area contributed by atoms with Crippen LogP contribution in [0, 0.1) is 0 Å². The molecule has 0 spiro atoms. The number of fused-ring (bicyclic) bond motifs is 1. The molecule has 0 heterocycles. The molecule has 29 heavy (non-hydrogen) atoms. The van der Waals surface area contributed by atoms with Gasteiger partial charge in [0.05, 0.1) is 13.0 Å². The number of ether oxygens (including phenoxy) is 2. The molecule has 6 nitrogen and oxygen atoms in total. The minimum absolute atomic E-state index is 0.162. The molecule has 0 aliphatic heterocycles. The van der Waals surface area contributed by atoms with Gasteiger partial charge < -0.3 is 9.47 Å². The van der Waals surface area contributed by atoms with Gasteiger partial charge in [-0.1, -0.05) is 42.5 Å². The van der Waals surface area contributed by atoms with Crippen molar-refractivity contribution in [3.05, 3.63) is 72.3 Å². The Morgan fingerprint density at radius 1 is 0.897 bits per heavy atom. The molecule has 0 aliphatic rings. The molecule has 2 amide bonds. The highest BCUT2D eigenvalue weighted by Gasteiger charge is 2.16. The summed E-state index contributed by atoms with van der Waals surface area (Å²) in [6.45, 7) is 4.10. The molecule has 150 valence electrons. The molecule has 3 aromatic rings. The van der Waals surface area contributed by atoms with E-state index in [1.165, 1.54) is 0 Å². The second-order valence-corrected chi connectivity index (χ2v) is 6.52. The Morgan fingerprint density at radius 3 is 2.34 bits per heavy atom. The van der Waals surface area contributed by atoms with Crippen LogP contribution in [-0.2, 0) is 16.0 Å². The molecule has 3 aromatic carbocycles. The van der Waals surface area contributed by atoms with E-state index in [4.69, 9.17) is 9.47 Å². The first-order valence-electron chi connectivity index (χ1n) is 9.51. The Balaban J connectivity index is 1.50. The van der Waals surface area contributed by atoms with Crippen molar-refractivity contribution in [1.29, 1.82) is 0 Å². The van der Waals surface area contributed by atoms with Crippen molar-refractivity contribution in [1.82, 2.24) is 10.9 Å². The summed E-state index contributed by atoms with van der Waals surface area (Å²) in [5, 5.41) is 2.09. The van der Waals surface area contributed by atoms with Gasteiger partial charge in [-0.05, 0) is 54.4 Å². The van der Waals surface area contributed by atoms with Gasteiger partial charge in [-0.2, -0.15) is 0 Å². The van der Waals surface area contributed by atoms with Crippen LogP contribution in [0.5, 0.6) is 11.5 Å². The van der Waals surface area contributed by atoms with Crippen molar-refractivity contribution in [2.75, 3.05) is 6.61 Å². The minimum Gasteiger partial charge on any atom is -0.494 e. The van der Waals surface area contributed by atoms with Crippen LogP contribution < -0.4 is 20.3 Å². The predicted molar refractivity (Wildman–Crippen MR) is 112 cm³/mol. The first-order chi connectivity index (χ1) is 14.1. The van der Waals surface area contributed by atoms with Crippen LogP contribution >= 0.6 is 0 Å². The lowest BCUT2D eigenvalue weighted by atomic mass is 10.0. The Kier molecular flexibility index (Phi) is 6.68. The smallest absolute Gasteiger partial charge is 0.279 e. The molecule has 0 radical (unpaired) electrons. The van der Waals surface area contributed by atoms with Gasteiger partial charge >= 0.3 is 0 Å². The fourth-order valence-corrected chi connectivity index (χ4v) is 2.94. The number of hydrogen-bond acceptors (Lipinski definition) is 4. The highest BCUT2D eigenvalue weighted by Crippen LogP contribution is 2.19. The van der Waals surface area contributed by atoms with Crippen molar-refractivity contribution < 1.29 is 19.1 Å². The van der Waals surface area contributed by atoms with Crippen LogP contribution in [0.4, 0.5) is 0 Å². The maximum atomic E-state index is 12.3. The van der Waals surface area contributed by atoms with Crippen molar-refractivity contribution >= 4 is 22.6 Å². The van der Waals surface area contributed by atoms with E-state index >= 15 is 0 Å². The van der Waals surface area contributed by atoms with Crippen LogP contribution in [0.3, 0.4) is 0 Å². The number of nitrogens with one attached hydrogen (secondary N) is 2. The molecule has 1 unspecified atom stereocenters. The largest absolute Gasteiger partial charge is 0.494 e. The maximum absolute atomic E-state index is 12.3. The number of carbonyl (C=O) groups is 2. The lowest BCUT2D eigenvalue weighted by Gasteiger charge is -2.15. The summed E-state index contributed by atoms with van der Waals surface area (Å²) in [6, 6.07) is 20.7. The number of rotatable bonds is 7. The summed E-state index contributed by atoms with van der Waals surface area (Å²) in [7, 11) is 0. The van der Waals surface area contributed by atoms with E-state index < -0.39 is 12.0 Å². The van der Waals surface area contributed by atoms with Crippen molar-refractivity contribution in [3.8, 4) is 11.5 Å². The van der Waals surface area contributed by atoms with Crippen LogP contribution in [0.25, 0.3) is 10.8 Å². The summed E-state index contributed by atoms with van der Waals surface area (Å²) < 4.78 is 11.0. The Hall–Kier alpha value is -3.54. The van der Waals surface area contributed by atoms with Crippen molar-refractivity contribution in [2.45, 2.75) is 26.4 Å². The molecule has 2 N–H and O–H groups in total. The molecular formula is C23H24N2O4. The molecule has 0 aliphatic carbocycles. The second kappa shape index (κ2) is 9.59. The van der Waals surface area contributed by atoms with Crippen LogP contribution in [-0.4, -0.2) is 24.5 Å². The number of hydrazine groups is 1. The number of carbonyl (C=O) groups excluding carboxylic acids is 2. The number of amides is 2. The van der Waals surface area contributed by atoms with Gasteiger partial charge in [0.25, 0.3) is 5.91 Å². The summed E-state index contributed by atoms with van der Waals surface area (Å²) in [5.74, 6) is 0.531. The van der Waals surface area contributed by atoms with E-state index in [1.807, 2.05) is 49.4 Å². The number of benzene rings is 3. The van der Waals surface area contributed by atoms with Gasteiger partial charge in [0.15, 0.2) is 6.10 Å². The van der Waals surface area contributed by atoms with Crippen LogP contribution in [0.15, 0.2) is 66.7 Å². The number of hydrogen-bond donors (Lipinski definition) is 2. The monoisotopic (exact) mass is 392 g/mol. The van der Waals surface area contributed by atoms with Crippen molar-refractivity contribution in [2.24, 2.45) is 0 Å². The second-order valence-electron chi connectivity index (χ2n) is 6.52. The molecular weight excluding hydrogens is 368 g/mol. The van der Waals surface area contributed by atoms with Gasteiger partial charge in [0, 0.05) is 0 Å². The summed E-state index contributed by atoms with van der Waals surface area (Å²) in [5.41, 5.74) is 5.76. The van der Waals surface area contributed by atoms with Gasteiger partial charge in [-0.3, -0.25) is 20.4 Å². The predicted octanol–water partition coefficient (Wildman–Crippen LogP) is 3.40. The molecule has 0 bridgehead atoms. The summed E-state index contributed by atoms with van der Waals surface area (Å²) in [6.07, 6.45) is -0.610. The van der Waals surface area contributed by atoms with E-state index in [-0.39, 0.29) is 12.3 Å². The molecule has 1 atom stereocenters. The van der Waals surface area contributed by atoms with Gasteiger partial charge in [-0.15, -0.1) is 0 Å². The zero-order chi connectivity index (χ0) is 20.6. The maximum Gasteiger partial charge on any atom is 0.279 e. The highest BCUT2D eigenvalue weighted by atomic mass is 16.5. The molecule has 6 heteroatoms. The Morgan fingerprint density at radius 2 is 1.59 bits per heavy atom. The van der Waals surface area contributed by atoms with Crippen LogP contribution in [0.2, 0.25) is 0 Å². The molecule has 3 rings (SSSR count). The fraction of sp³-hybridized carbons (Fsp3) is 0.217. The van der Waals surface area contributed by atoms with E-state index in [0.29, 0.717) is 12.4 Å². The summed E-state index contributed by atoms with van der Waals surface area (Å²) >= 11 is 0. The van der Waals surface area contributed by atoms with Crippen LogP contribution in [0.1, 0.15) is 19.4 Å². The normalized spacial score (nSPS) is 11.5. The summed E-state index contributed by atoms with van der Waals surface area (Å²) in [4.78, 5) is 24.5. The lowest BCUT2D eigenvalue weighted by Crippen LogP contribution is -2.47. The van der Waals surface area contributed by atoms with E-state index in [0.717, 1.165) is 22.1 Å². The third kappa shape index (κ3) is 5.48. The van der Waals surface area contributed by atoms with Gasteiger partial charge in [0.2, 0.25) is 5.91 Å². The van der Waals surface area contributed by atoms with E-state index in [2.05, 4.69) is 10.9 Å². The third-order valence-electron chi connectivity index (χ3n) is 4.37. The SMILES string of the molecule is CCOc1ccc(OC(C)C(=O)NNC(=O)Cc2cccc3ccccc23)cc1. The van der Waals surface area contributed by atoms with E-state index in [1.54, 1.807) is 31.2 Å². The zero-order valence-corrected chi connectivity index (χ0v) is 16.5. The Labute approximate surface area is 169 Å². The van der Waals surface area contributed by atoms with Crippen molar-refractivity contribution in [3.63, 3.8) is 0 Å². The third-order valence-corrected chi connectivity index (χ3v) is 4.37. The minimum atomic E-state index is -0.772. The van der Waals surface area contributed by atoms with E-state index in [9.17, 15) is 9.59 Å². The average Bonchev–Trinajstić information content (AvgIpc) is 2.74. The first-order valence-corrected chi connectivity index (χ1v) is 9.51. The highest BCUT2D eigenvalue weighted by molar-refractivity contribution is 5.91. The molecule has 0 saturated heterocycles. The topological polar surface area (TPSA) is 76.7 Å². The molecule has 0 aromatic heterocycles. The quantitative estimate of drug-likeness (QED) is 0.604. The molecule has 0 fully saturated rings.